The van der Waals surface area contributed by atoms with Crippen LogP contribution in [0, 0.1) is 5.92 Å². The van der Waals surface area contributed by atoms with Gasteiger partial charge in [0.1, 0.15) is 23.9 Å². The number of carbonyl (C=O) groups excluding carboxylic acids is 3. The van der Waals surface area contributed by atoms with Gasteiger partial charge in [-0.25, -0.2) is 4.79 Å². The zero-order valence-electron chi connectivity index (χ0n) is 23.1. The summed E-state index contributed by atoms with van der Waals surface area (Å²) in [6.45, 7) is 3.60. The molecule has 2 aromatic carbocycles. The van der Waals surface area contributed by atoms with Gasteiger partial charge in [-0.15, -0.1) is 0 Å². The van der Waals surface area contributed by atoms with Crippen molar-refractivity contribution in [2.75, 3.05) is 0 Å². The Balaban J connectivity index is 2.24. The summed E-state index contributed by atoms with van der Waals surface area (Å²) in [5.41, 5.74) is 7.38. The molecule has 222 valence electrons. The summed E-state index contributed by atoms with van der Waals surface area (Å²) in [7, 11) is 0. The number of hydrogen-bond acceptors (Lipinski definition) is 7. The number of benzene rings is 2. The lowest BCUT2D eigenvalue weighted by Gasteiger charge is -2.25. The molecule has 4 atom stereocenters. The molecular formula is C29H38N4O8. The Kier molecular flexibility index (Phi) is 12.8. The summed E-state index contributed by atoms with van der Waals surface area (Å²) in [6.07, 6.45) is -0.463. The number of amides is 3. The van der Waals surface area contributed by atoms with Crippen LogP contribution in [0.5, 0.6) is 5.75 Å². The van der Waals surface area contributed by atoms with Gasteiger partial charge in [0.25, 0.3) is 0 Å². The second-order valence-corrected chi connectivity index (χ2v) is 10.3. The van der Waals surface area contributed by atoms with Crippen LogP contribution in [0.15, 0.2) is 54.6 Å². The molecule has 0 aliphatic heterocycles. The molecule has 4 unspecified atom stereocenters. The van der Waals surface area contributed by atoms with Crippen LogP contribution in [-0.4, -0.2) is 69.1 Å². The summed E-state index contributed by atoms with van der Waals surface area (Å²) < 4.78 is 0. The van der Waals surface area contributed by atoms with Gasteiger partial charge in [0.15, 0.2) is 0 Å². The minimum atomic E-state index is -1.33. The third-order valence-electron chi connectivity index (χ3n) is 6.25. The van der Waals surface area contributed by atoms with E-state index in [4.69, 9.17) is 5.73 Å². The summed E-state index contributed by atoms with van der Waals surface area (Å²) >= 11 is 0. The number of nitrogens with one attached hydrogen (secondary N) is 3. The largest absolute Gasteiger partial charge is 0.508 e. The zero-order chi connectivity index (χ0) is 30.5. The van der Waals surface area contributed by atoms with Gasteiger partial charge < -0.3 is 37.0 Å². The number of nitrogens with two attached hydrogens (primary N) is 1. The molecule has 0 saturated heterocycles. The molecular weight excluding hydrogens is 532 g/mol. The molecule has 0 radical (unpaired) electrons. The van der Waals surface area contributed by atoms with Gasteiger partial charge in [-0.2, -0.15) is 0 Å². The quantitative estimate of drug-likeness (QED) is 0.153. The van der Waals surface area contributed by atoms with E-state index in [1.54, 1.807) is 38.1 Å². The molecule has 0 fully saturated rings. The van der Waals surface area contributed by atoms with Crippen molar-refractivity contribution in [1.29, 1.82) is 0 Å². The van der Waals surface area contributed by atoms with E-state index in [9.17, 15) is 39.3 Å². The molecule has 0 saturated carbocycles. The van der Waals surface area contributed by atoms with Gasteiger partial charge >= 0.3 is 11.9 Å². The molecule has 2 aromatic rings. The van der Waals surface area contributed by atoms with Crippen molar-refractivity contribution in [1.82, 2.24) is 16.0 Å². The molecule has 0 heterocycles. The van der Waals surface area contributed by atoms with Crippen molar-refractivity contribution in [3.05, 3.63) is 65.7 Å². The average molecular weight is 571 g/mol. The number of phenolic OH excluding ortho intramolecular Hbond substituents is 1. The Morgan fingerprint density at radius 3 is 1.83 bits per heavy atom. The fourth-order valence-electron chi connectivity index (χ4n) is 4.09. The van der Waals surface area contributed by atoms with Crippen LogP contribution < -0.4 is 21.7 Å². The van der Waals surface area contributed by atoms with Crippen LogP contribution in [0.1, 0.15) is 44.2 Å². The minimum absolute atomic E-state index is 0.00931. The Labute approximate surface area is 238 Å². The number of carboxylic acid groups (broad SMARTS) is 2. The second-order valence-electron chi connectivity index (χ2n) is 10.3. The Morgan fingerprint density at radius 2 is 1.27 bits per heavy atom. The van der Waals surface area contributed by atoms with E-state index in [1.165, 1.54) is 24.3 Å². The molecule has 3 amide bonds. The van der Waals surface area contributed by atoms with Crippen LogP contribution in [0.2, 0.25) is 0 Å². The maximum Gasteiger partial charge on any atom is 0.326 e. The third kappa shape index (κ3) is 11.7. The molecule has 0 aliphatic rings. The minimum Gasteiger partial charge on any atom is -0.508 e. The highest BCUT2D eigenvalue weighted by molar-refractivity contribution is 5.94. The van der Waals surface area contributed by atoms with Crippen molar-refractivity contribution >= 4 is 29.7 Å². The van der Waals surface area contributed by atoms with Crippen molar-refractivity contribution in [3.8, 4) is 5.75 Å². The van der Waals surface area contributed by atoms with E-state index >= 15 is 0 Å². The van der Waals surface area contributed by atoms with E-state index in [2.05, 4.69) is 16.0 Å². The maximum atomic E-state index is 13.3. The fraction of sp³-hybridized carbons (Fsp3) is 0.414. The van der Waals surface area contributed by atoms with E-state index < -0.39 is 60.2 Å². The number of aromatic hydroxyl groups is 1. The fourth-order valence-corrected chi connectivity index (χ4v) is 4.09. The first kappa shape index (κ1) is 32.8. The third-order valence-corrected chi connectivity index (χ3v) is 6.25. The predicted molar refractivity (Wildman–Crippen MR) is 150 cm³/mol. The molecule has 0 aliphatic carbocycles. The number of rotatable bonds is 16. The van der Waals surface area contributed by atoms with Crippen molar-refractivity contribution in [3.63, 3.8) is 0 Å². The molecule has 12 nitrogen and oxygen atoms in total. The van der Waals surface area contributed by atoms with Gasteiger partial charge in [0, 0.05) is 12.8 Å². The summed E-state index contributed by atoms with van der Waals surface area (Å²) in [5, 5.41) is 35.8. The van der Waals surface area contributed by atoms with Gasteiger partial charge in [0.05, 0.1) is 6.04 Å². The summed E-state index contributed by atoms with van der Waals surface area (Å²) in [4.78, 5) is 62.4. The number of aliphatic carboxylic acids is 2. The number of carbonyl (C=O) groups is 5. The summed E-state index contributed by atoms with van der Waals surface area (Å²) in [6, 6.07) is 10.0. The topological polar surface area (TPSA) is 208 Å². The van der Waals surface area contributed by atoms with E-state index in [-0.39, 0.29) is 37.4 Å². The maximum absolute atomic E-state index is 13.3. The molecule has 2 rings (SSSR count). The number of hydrogen-bond donors (Lipinski definition) is 7. The Morgan fingerprint density at radius 1 is 0.732 bits per heavy atom. The van der Waals surface area contributed by atoms with E-state index in [0.29, 0.717) is 5.56 Å². The number of phenols is 1. The predicted octanol–water partition coefficient (Wildman–Crippen LogP) is 0.955. The molecule has 8 N–H and O–H groups in total. The van der Waals surface area contributed by atoms with Crippen LogP contribution in [0.25, 0.3) is 0 Å². The first-order chi connectivity index (χ1) is 19.3. The highest BCUT2D eigenvalue weighted by Gasteiger charge is 2.31. The van der Waals surface area contributed by atoms with Crippen molar-refractivity contribution in [2.45, 2.75) is 70.1 Å². The van der Waals surface area contributed by atoms with Gasteiger partial charge in [-0.05, 0) is 48.4 Å². The smallest absolute Gasteiger partial charge is 0.326 e. The van der Waals surface area contributed by atoms with Crippen molar-refractivity contribution < 1.29 is 39.3 Å². The molecule has 41 heavy (non-hydrogen) atoms. The van der Waals surface area contributed by atoms with Crippen molar-refractivity contribution in [2.24, 2.45) is 11.7 Å². The van der Waals surface area contributed by atoms with Crippen LogP contribution in [0.4, 0.5) is 0 Å². The van der Waals surface area contributed by atoms with Gasteiger partial charge in [0.2, 0.25) is 17.7 Å². The van der Waals surface area contributed by atoms with Gasteiger partial charge in [-0.3, -0.25) is 19.2 Å². The average Bonchev–Trinajstić information content (AvgIpc) is 2.91. The number of carboxylic acids is 2. The standard InChI is InChI=1S/C29H38N4O8/c1-17(2)14-24(29(40)41)33-28(39)23(16-19-8-10-20(34)11-9-19)32-27(38)22(12-13-25(35)36)31-26(37)21(30)15-18-6-4-3-5-7-18/h3-11,17,21-24,34H,12-16,30H2,1-2H3,(H,31,37)(H,32,38)(H,33,39)(H,35,36)(H,40,41). The highest BCUT2D eigenvalue weighted by Crippen LogP contribution is 2.13. The lowest BCUT2D eigenvalue weighted by atomic mass is 10.0. The van der Waals surface area contributed by atoms with E-state index in [0.717, 1.165) is 5.56 Å². The Hall–Kier alpha value is -4.45. The molecule has 0 spiro atoms. The molecule has 12 heteroatoms. The normalized spacial score (nSPS) is 13.9. The van der Waals surface area contributed by atoms with Crippen LogP contribution in [-0.2, 0) is 36.8 Å². The summed E-state index contributed by atoms with van der Waals surface area (Å²) in [5.74, 6) is -4.77. The molecule has 0 aromatic heterocycles. The SMILES string of the molecule is CC(C)CC(NC(=O)C(Cc1ccc(O)cc1)NC(=O)C(CCC(=O)O)NC(=O)C(N)Cc1ccccc1)C(=O)O. The van der Waals surface area contributed by atoms with Crippen LogP contribution >= 0.6 is 0 Å². The second kappa shape index (κ2) is 16.0. The lowest BCUT2D eigenvalue weighted by molar-refractivity contribution is -0.142. The first-order valence-electron chi connectivity index (χ1n) is 13.3. The monoisotopic (exact) mass is 570 g/mol. The van der Waals surface area contributed by atoms with Crippen LogP contribution in [0.3, 0.4) is 0 Å². The zero-order valence-corrected chi connectivity index (χ0v) is 23.1. The highest BCUT2D eigenvalue weighted by atomic mass is 16.4. The van der Waals surface area contributed by atoms with E-state index in [1.807, 2.05) is 6.07 Å². The lowest BCUT2D eigenvalue weighted by Crippen LogP contribution is -2.58. The Bertz CT molecular complexity index is 1190. The molecule has 0 bridgehead atoms. The van der Waals surface area contributed by atoms with Gasteiger partial charge in [-0.1, -0.05) is 56.3 Å². The first-order valence-corrected chi connectivity index (χ1v) is 13.3.